The van der Waals surface area contributed by atoms with Crippen molar-refractivity contribution >= 4 is 44.7 Å². The Morgan fingerprint density at radius 3 is 2.41 bits per heavy atom. The molecule has 1 fully saturated rings. The van der Waals surface area contributed by atoms with E-state index in [9.17, 15) is 17.6 Å². The van der Waals surface area contributed by atoms with Crippen LogP contribution < -0.4 is 28.8 Å². The normalized spacial score (nSPS) is 16.8. The molecule has 3 aromatic carbocycles. The summed E-state index contributed by atoms with van der Waals surface area (Å²) in [6, 6.07) is 11.8. The predicted octanol–water partition coefficient (Wildman–Crippen LogP) is 7.23. The molecule has 0 aliphatic carbocycles. The number of methoxy groups -OCH3 is 1. The first-order valence-electron chi connectivity index (χ1n) is 15.4. The van der Waals surface area contributed by atoms with Crippen LogP contribution >= 0.6 is 11.6 Å². The molecular formula is C34H41ClFN3O6S. The average Bonchev–Trinajstić information content (AvgIpc) is 3.03. The average molecular weight is 674 g/mol. The zero-order valence-corrected chi connectivity index (χ0v) is 28.6. The van der Waals surface area contributed by atoms with E-state index in [1.54, 1.807) is 24.9 Å². The topological polar surface area (TPSA) is 97.4 Å². The van der Waals surface area contributed by atoms with E-state index in [2.05, 4.69) is 10.2 Å². The van der Waals surface area contributed by atoms with Crippen molar-refractivity contribution in [3.8, 4) is 28.4 Å². The summed E-state index contributed by atoms with van der Waals surface area (Å²) >= 11 is 6.22. The third kappa shape index (κ3) is 6.44. The maximum absolute atomic E-state index is 14.2. The number of benzene rings is 3. The summed E-state index contributed by atoms with van der Waals surface area (Å²) in [4.78, 5) is 17.2. The van der Waals surface area contributed by atoms with E-state index >= 15 is 0 Å². The maximum atomic E-state index is 14.2. The molecule has 12 heteroatoms. The van der Waals surface area contributed by atoms with Gasteiger partial charge in [-0.1, -0.05) is 19.1 Å². The van der Waals surface area contributed by atoms with Crippen LogP contribution in [0.5, 0.6) is 17.2 Å². The van der Waals surface area contributed by atoms with Gasteiger partial charge in [-0.05, 0) is 81.8 Å². The number of hydrogen-bond donors (Lipinski definition) is 1. The molecule has 248 valence electrons. The molecule has 1 saturated heterocycles. The van der Waals surface area contributed by atoms with Crippen molar-refractivity contribution in [3.05, 3.63) is 59.4 Å². The number of hydrogen-bond acceptors (Lipinski definition) is 8. The van der Waals surface area contributed by atoms with Crippen LogP contribution in [0.15, 0.2) is 42.5 Å². The molecule has 0 saturated carbocycles. The molecule has 0 bridgehead atoms. The number of rotatable bonds is 10. The van der Waals surface area contributed by atoms with Crippen molar-refractivity contribution in [1.82, 2.24) is 0 Å². The number of halogens is 2. The minimum absolute atomic E-state index is 0.0341. The number of nitrogens with one attached hydrogen (secondary N) is 1. The molecule has 1 amide bonds. The molecule has 1 atom stereocenters. The monoisotopic (exact) mass is 673 g/mol. The Balaban J connectivity index is 1.73. The van der Waals surface area contributed by atoms with Crippen molar-refractivity contribution in [2.75, 3.05) is 42.4 Å². The van der Waals surface area contributed by atoms with E-state index in [0.29, 0.717) is 39.5 Å². The lowest BCUT2D eigenvalue weighted by atomic mass is 9.91. The van der Waals surface area contributed by atoms with E-state index in [0.717, 1.165) is 37.9 Å². The van der Waals surface area contributed by atoms with Crippen LogP contribution in [-0.2, 0) is 21.5 Å². The highest BCUT2D eigenvalue weighted by atomic mass is 35.5. The summed E-state index contributed by atoms with van der Waals surface area (Å²) in [6.45, 7) is 8.54. The van der Waals surface area contributed by atoms with Gasteiger partial charge in [0.25, 0.3) is 5.91 Å². The Labute approximate surface area is 275 Å². The first-order chi connectivity index (χ1) is 21.8. The van der Waals surface area contributed by atoms with Crippen LogP contribution in [0.3, 0.4) is 0 Å². The molecule has 0 aromatic heterocycles. The van der Waals surface area contributed by atoms with Gasteiger partial charge in [0.15, 0.2) is 10.5 Å². The molecule has 0 radical (unpaired) electrons. The molecule has 1 unspecified atom stereocenters. The predicted molar refractivity (Wildman–Crippen MR) is 181 cm³/mol. The van der Waals surface area contributed by atoms with Crippen LogP contribution in [0.2, 0.25) is 0 Å². The Morgan fingerprint density at radius 1 is 1.04 bits per heavy atom. The molecule has 1 N–H and O–H groups in total. The van der Waals surface area contributed by atoms with Gasteiger partial charge in [0.2, 0.25) is 5.75 Å². The number of amides is 1. The van der Waals surface area contributed by atoms with Crippen molar-refractivity contribution in [2.24, 2.45) is 0 Å². The second kappa shape index (κ2) is 13.2. The van der Waals surface area contributed by atoms with Crippen LogP contribution in [0.1, 0.15) is 57.6 Å². The Hall–Kier alpha value is -3.70. The van der Waals surface area contributed by atoms with Gasteiger partial charge in [-0.2, -0.15) is 8.42 Å². The summed E-state index contributed by atoms with van der Waals surface area (Å²) in [7, 11) is -1.07. The highest BCUT2D eigenvalue weighted by Gasteiger charge is 2.39. The van der Waals surface area contributed by atoms with E-state index < -0.39 is 26.2 Å². The van der Waals surface area contributed by atoms with E-state index in [1.165, 1.54) is 19.2 Å². The fraction of sp³-hybridized carbons (Fsp3) is 0.441. The number of anilines is 3. The number of fused-ring (bicyclic) bond motifs is 1. The quantitative estimate of drug-likeness (QED) is 0.178. The molecular weight excluding hydrogens is 633 g/mol. The number of piperidine rings is 1. The minimum atomic E-state index is -4.23. The van der Waals surface area contributed by atoms with Crippen LogP contribution in [0, 0.1) is 12.7 Å². The molecule has 2 heterocycles. The van der Waals surface area contributed by atoms with E-state index in [1.807, 2.05) is 45.0 Å². The van der Waals surface area contributed by atoms with E-state index in [-0.39, 0.29) is 30.4 Å². The number of ether oxygens (including phenoxy) is 2. The molecule has 2 aliphatic heterocycles. The van der Waals surface area contributed by atoms with Gasteiger partial charge in [-0.25, -0.2) is 4.39 Å². The summed E-state index contributed by atoms with van der Waals surface area (Å²) in [5, 5.41) is 3.33. The fourth-order valence-electron chi connectivity index (χ4n) is 6.11. The second-order valence-corrected chi connectivity index (χ2v) is 14.7. The van der Waals surface area contributed by atoms with Crippen molar-refractivity contribution in [1.29, 1.82) is 0 Å². The summed E-state index contributed by atoms with van der Waals surface area (Å²) in [5.41, 5.74) is 3.53. The zero-order valence-electron chi connectivity index (χ0n) is 27.1. The van der Waals surface area contributed by atoms with Crippen molar-refractivity contribution in [3.63, 3.8) is 0 Å². The third-order valence-corrected chi connectivity index (χ3v) is 10.9. The van der Waals surface area contributed by atoms with Crippen molar-refractivity contribution < 1.29 is 31.3 Å². The van der Waals surface area contributed by atoms with Gasteiger partial charge < -0.3 is 28.8 Å². The number of alkyl halides is 1. The van der Waals surface area contributed by atoms with Crippen LogP contribution in [0.25, 0.3) is 11.1 Å². The first-order valence-corrected chi connectivity index (χ1v) is 17.3. The molecule has 46 heavy (non-hydrogen) atoms. The Morgan fingerprint density at radius 2 is 1.74 bits per heavy atom. The number of carbonyl (C=O) groups excluding carboxylic acids is 1. The lowest BCUT2D eigenvalue weighted by molar-refractivity contribution is -0.121. The number of carbonyl (C=O) groups is 1. The second-order valence-electron chi connectivity index (χ2n) is 12.2. The maximum Gasteiger partial charge on any atom is 0.326 e. The summed E-state index contributed by atoms with van der Waals surface area (Å²) < 4.78 is 57.5. The van der Waals surface area contributed by atoms with Gasteiger partial charge in [0, 0.05) is 37.3 Å². The number of nitrogens with zero attached hydrogens (tertiary/aromatic N) is 2. The number of likely N-dealkylation sites (N-methyl/N-ethyl adjacent to an activating group) is 1. The highest BCUT2D eigenvalue weighted by Crippen LogP contribution is 2.50. The van der Waals surface area contributed by atoms with Crippen LogP contribution in [-0.4, -0.2) is 51.8 Å². The molecule has 9 nitrogen and oxygen atoms in total. The smallest absolute Gasteiger partial charge is 0.326 e. The van der Waals surface area contributed by atoms with Gasteiger partial charge in [0.05, 0.1) is 24.2 Å². The minimum Gasteiger partial charge on any atom is -0.492 e. The van der Waals surface area contributed by atoms with Crippen molar-refractivity contribution in [2.45, 2.75) is 70.2 Å². The highest BCUT2D eigenvalue weighted by molar-refractivity contribution is 7.89. The molecule has 3 aromatic rings. The Bertz CT molecular complexity index is 1740. The Kier molecular flexibility index (Phi) is 9.65. The van der Waals surface area contributed by atoms with E-state index in [4.69, 9.17) is 25.3 Å². The number of aryl methyl sites for hydroxylation is 1. The summed E-state index contributed by atoms with van der Waals surface area (Å²) in [6.07, 6.45) is 3.15. The standard InChI is InChI=1S/C34H41ClFN3O6S/c1-7-29(35)46(41,42)45-32-27(39-17-9-8-10-18-39)16-14-24(31(32)43-6)23-13-15-26-30(38(5)33(40)34(3,4)37-26)25(23)20-44-28-19-22(36)12-11-21(28)2/h11-16,19,29,37H,7-10,17-18,20H2,1-6H3. The SMILES string of the molecule is CCC(Cl)S(=O)(=O)Oc1c(N2CCCCC2)ccc(-c2ccc3c(c2COc2cc(F)ccc2C)N(C)C(=O)C(C)(C)N3)c1OC. The molecule has 5 rings (SSSR count). The molecule has 2 aliphatic rings. The molecule has 0 spiro atoms. The summed E-state index contributed by atoms with van der Waals surface area (Å²) in [5.74, 6) is 0.0184. The first kappa shape index (κ1) is 33.7. The lowest BCUT2D eigenvalue weighted by Crippen LogP contribution is -2.52. The van der Waals surface area contributed by atoms with Gasteiger partial charge in [-0.15, -0.1) is 11.6 Å². The van der Waals surface area contributed by atoms with Gasteiger partial charge >= 0.3 is 10.1 Å². The van der Waals surface area contributed by atoms with Crippen LogP contribution in [0.4, 0.5) is 21.5 Å². The zero-order chi connectivity index (χ0) is 33.4. The largest absolute Gasteiger partial charge is 0.492 e. The van der Waals surface area contributed by atoms with Gasteiger partial charge in [0.1, 0.15) is 23.7 Å². The van der Waals surface area contributed by atoms with Gasteiger partial charge in [-0.3, -0.25) is 4.79 Å². The lowest BCUT2D eigenvalue weighted by Gasteiger charge is -2.39. The third-order valence-electron chi connectivity index (χ3n) is 8.54. The fourth-order valence-corrected chi connectivity index (χ4v) is 7.13.